The molecule has 18 heavy (non-hydrogen) atoms. The largest absolute Gasteiger partial charge is 0.379 e. The molecule has 2 rings (SSSR count). The van der Waals surface area contributed by atoms with Gasteiger partial charge < -0.3 is 4.74 Å². The summed E-state index contributed by atoms with van der Waals surface area (Å²) in [7, 11) is -3.72. The number of ether oxygens (including phenoxy) is 1. The van der Waals surface area contributed by atoms with Crippen LogP contribution in [0.3, 0.4) is 0 Å². The second-order valence-corrected chi connectivity index (χ2v) is 6.33. The van der Waals surface area contributed by atoms with Crippen LogP contribution >= 0.6 is 15.9 Å². The lowest BCUT2D eigenvalue weighted by atomic mass is 10.3. The molecular formula is C10H12BrFN2O3S. The molecule has 1 aromatic carbocycles. The van der Waals surface area contributed by atoms with Crippen LogP contribution in [0.5, 0.6) is 0 Å². The first kappa shape index (κ1) is 13.7. The quantitative estimate of drug-likeness (QED) is 0.910. The van der Waals surface area contributed by atoms with E-state index in [-0.39, 0.29) is 18.8 Å². The summed E-state index contributed by atoms with van der Waals surface area (Å²) in [5, 5.41) is 0. The van der Waals surface area contributed by atoms with E-state index in [0.29, 0.717) is 17.7 Å². The average Bonchev–Trinajstić information content (AvgIpc) is 2.34. The molecule has 1 heterocycles. The lowest BCUT2D eigenvalue weighted by Gasteiger charge is -2.26. The monoisotopic (exact) mass is 338 g/mol. The fraction of sp³-hybridized carbons (Fsp3) is 0.400. The second kappa shape index (κ2) is 5.52. The number of nitrogens with zero attached hydrogens (tertiary/aromatic N) is 1. The summed E-state index contributed by atoms with van der Waals surface area (Å²) in [6.07, 6.45) is 0. The molecule has 8 heteroatoms. The third-order valence-electron chi connectivity index (χ3n) is 2.48. The lowest BCUT2D eigenvalue weighted by Crippen LogP contribution is -2.43. The third kappa shape index (κ3) is 3.19. The average molecular weight is 339 g/mol. The second-order valence-electron chi connectivity index (χ2n) is 3.74. The van der Waals surface area contributed by atoms with Crippen LogP contribution in [0.4, 0.5) is 10.1 Å². The first-order valence-corrected chi connectivity index (χ1v) is 7.53. The summed E-state index contributed by atoms with van der Waals surface area (Å²) in [6, 6.07) is 4.15. The first-order chi connectivity index (χ1) is 8.49. The fourth-order valence-corrected chi connectivity index (χ4v) is 3.10. The minimum atomic E-state index is -3.72. The number of nitrogens with one attached hydrogen (secondary N) is 1. The third-order valence-corrected chi connectivity index (χ3v) is 4.50. The molecule has 0 aliphatic carbocycles. The molecular weight excluding hydrogens is 327 g/mol. The van der Waals surface area contributed by atoms with Crippen molar-refractivity contribution in [1.82, 2.24) is 4.31 Å². The van der Waals surface area contributed by atoms with E-state index in [0.717, 1.165) is 0 Å². The zero-order chi connectivity index (χ0) is 13.2. The van der Waals surface area contributed by atoms with Crippen LogP contribution in [-0.2, 0) is 14.9 Å². The standard InChI is InChI=1S/C10H12BrFN2O3S/c11-8-1-2-10(9(12)7-8)13-18(15,16)14-3-5-17-6-4-14/h1-2,7,13H,3-6H2. The molecule has 0 bridgehead atoms. The Labute approximate surface area is 113 Å². The Hall–Kier alpha value is -0.700. The first-order valence-electron chi connectivity index (χ1n) is 5.30. The highest BCUT2D eigenvalue weighted by Gasteiger charge is 2.24. The van der Waals surface area contributed by atoms with Crippen LogP contribution in [0, 0.1) is 5.82 Å². The zero-order valence-corrected chi connectivity index (χ0v) is 11.8. The van der Waals surface area contributed by atoms with Gasteiger partial charge in [-0.3, -0.25) is 4.72 Å². The summed E-state index contributed by atoms with van der Waals surface area (Å²) in [5.41, 5.74) is -0.0651. The summed E-state index contributed by atoms with van der Waals surface area (Å²) >= 11 is 3.11. The van der Waals surface area contributed by atoms with E-state index in [4.69, 9.17) is 4.74 Å². The number of hydrogen-bond donors (Lipinski definition) is 1. The van der Waals surface area contributed by atoms with Gasteiger partial charge in [0, 0.05) is 17.6 Å². The predicted molar refractivity (Wildman–Crippen MR) is 69.0 cm³/mol. The van der Waals surface area contributed by atoms with E-state index in [9.17, 15) is 12.8 Å². The minimum absolute atomic E-state index is 0.0651. The summed E-state index contributed by atoms with van der Waals surface area (Å²) in [4.78, 5) is 0. The van der Waals surface area contributed by atoms with Gasteiger partial charge in [-0.2, -0.15) is 12.7 Å². The SMILES string of the molecule is O=S(=O)(Nc1ccc(Br)cc1F)N1CCOCC1. The molecule has 1 aliphatic rings. The van der Waals surface area contributed by atoms with Gasteiger partial charge in [-0.1, -0.05) is 15.9 Å². The van der Waals surface area contributed by atoms with Crippen molar-refractivity contribution >= 4 is 31.8 Å². The smallest absolute Gasteiger partial charge is 0.301 e. The van der Waals surface area contributed by atoms with Crippen molar-refractivity contribution in [3.63, 3.8) is 0 Å². The normalized spacial score (nSPS) is 17.7. The molecule has 0 aromatic heterocycles. The van der Waals surface area contributed by atoms with Gasteiger partial charge in [0.25, 0.3) is 0 Å². The van der Waals surface area contributed by atoms with Crippen molar-refractivity contribution in [3.8, 4) is 0 Å². The van der Waals surface area contributed by atoms with Crippen LogP contribution in [-0.4, -0.2) is 39.0 Å². The van der Waals surface area contributed by atoms with Gasteiger partial charge in [-0.05, 0) is 18.2 Å². The molecule has 0 amide bonds. The van der Waals surface area contributed by atoms with E-state index < -0.39 is 16.0 Å². The predicted octanol–water partition coefficient (Wildman–Crippen LogP) is 1.58. The molecule has 0 radical (unpaired) electrons. The lowest BCUT2D eigenvalue weighted by molar-refractivity contribution is 0.0733. The van der Waals surface area contributed by atoms with Crippen molar-refractivity contribution in [2.75, 3.05) is 31.0 Å². The van der Waals surface area contributed by atoms with Gasteiger partial charge in [0.2, 0.25) is 0 Å². The summed E-state index contributed by atoms with van der Waals surface area (Å²) in [6.45, 7) is 1.24. The van der Waals surface area contributed by atoms with Crippen LogP contribution in [0.25, 0.3) is 0 Å². The molecule has 0 saturated carbocycles. The van der Waals surface area contributed by atoms with Crippen molar-refractivity contribution in [2.45, 2.75) is 0 Å². The number of anilines is 1. The highest BCUT2D eigenvalue weighted by atomic mass is 79.9. The van der Waals surface area contributed by atoms with Gasteiger partial charge in [0.1, 0.15) is 5.82 Å². The van der Waals surface area contributed by atoms with Crippen molar-refractivity contribution in [1.29, 1.82) is 0 Å². The van der Waals surface area contributed by atoms with Gasteiger partial charge in [-0.15, -0.1) is 0 Å². The molecule has 1 fully saturated rings. The molecule has 0 spiro atoms. The van der Waals surface area contributed by atoms with Gasteiger partial charge in [-0.25, -0.2) is 4.39 Å². The number of rotatable bonds is 3. The molecule has 1 aromatic rings. The van der Waals surface area contributed by atoms with Crippen LogP contribution in [0.2, 0.25) is 0 Å². The fourth-order valence-electron chi connectivity index (χ4n) is 1.56. The van der Waals surface area contributed by atoms with E-state index in [1.807, 2.05) is 0 Å². The Morgan fingerprint density at radius 2 is 2.00 bits per heavy atom. The van der Waals surface area contributed by atoms with Crippen molar-refractivity contribution in [3.05, 3.63) is 28.5 Å². The Morgan fingerprint density at radius 1 is 1.33 bits per heavy atom. The Kier molecular flexibility index (Phi) is 4.21. The van der Waals surface area contributed by atoms with Gasteiger partial charge in [0.15, 0.2) is 0 Å². The molecule has 1 N–H and O–H groups in total. The maximum absolute atomic E-state index is 13.5. The molecule has 1 saturated heterocycles. The Bertz CT molecular complexity index is 532. The van der Waals surface area contributed by atoms with Crippen molar-refractivity contribution in [2.24, 2.45) is 0 Å². The number of halogens is 2. The highest BCUT2D eigenvalue weighted by Crippen LogP contribution is 2.21. The van der Waals surface area contributed by atoms with Crippen molar-refractivity contribution < 1.29 is 17.5 Å². The molecule has 100 valence electrons. The zero-order valence-electron chi connectivity index (χ0n) is 9.40. The summed E-state index contributed by atoms with van der Waals surface area (Å²) < 4.78 is 46.6. The summed E-state index contributed by atoms with van der Waals surface area (Å²) in [5.74, 6) is -0.624. The maximum atomic E-state index is 13.5. The van der Waals surface area contributed by atoms with Crippen LogP contribution in [0.1, 0.15) is 0 Å². The molecule has 0 atom stereocenters. The van der Waals surface area contributed by atoms with Crippen LogP contribution in [0.15, 0.2) is 22.7 Å². The number of benzene rings is 1. The Balaban J connectivity index is 2.16. The van der Waals surface area contributed by atoms with Gasteiger partial charge in [0.05, 0.1) is 18.9 Å². The van der Waals surface area contributed by atoms with Crippen LogP contribution < -0.4 is 4.72 Å². The van der Waals surface area contributed by atoms with E-state index in [2.05, 4.69) is 20.7 Å². The number of hydrogen-bond acceptors (Lipinski definition) is 3. The van der Waals surface area contributed by atoms with E-state index >= 15 is 0 Å². The molecule has 0 unspecified atom stereocenters. The Morgan fingerprint density at radius 3 is 2.61 bits per heavy atom. The highest BCUT2D eigenvalue weighted by molar-refractivity contribution is 9.10. The minimum Gasteiger partial charge on any atom is -0.379 e. The topological polar surface area (TPSA) is 58.6 Å². The molecule has 5 nitrogen and oxygen atoms in total. The van der Waals surface area contributed by atoms with Gasteiger partial charge >= 0.3 is 10.2 Å². The number of morpholine rings is 1. The van der Waals surface area contributed by atoms with E-state index in [1.54, 1.807) is 6.07 Å². The molecule has 1 aliphatic heterocycles. The maximum Gasteiger partial charge on any atom is 0.301 e. The van der Waals surface area contributed by atoms with E-state index in [1.165, 1.54) is 16.4 Å².